The van der Waals surface area contributed by atoms with Gasteiger partial charge in [0, 0.05) is 19.3 Å². The van der Waals surface area contributed by atoms with Gasteiger partial charge in [0.2, 0.25) is 0 Å². The summed E-state index contributed by atoms with van der Waals surface area (Å²) in [6.45, 7) is 3.42. The number of nitrogens with zero attached hydrogens (tertiary/aromatic N) is 2. The predicted molar refractivity (Wildman–Crippen MR) is 75.6 cm³/mol. The minimum Gasteiger partial charge on any atom is -0.314 e. The maximum absolute atomic E-state index is 4.28. The summed E-state index contributed by atoms with van der Waals surface area (Å²) in [4.78, 5) is 0. The van der Waals surface area contributed by atoms with Gasteiger partial charge in [-0.25, -0.2) is 0 Å². The Kier molecular flexibility index (Phi) is 5.24. The molecule has 0 bridgehead atoms. The quantitative estimate of drug-likeness (QED) is 0.813. The Labute approximate surface area is 111 Å². The molecule has 1 aliphatic carbocycles. The zero-order chi connectivity index (χ0) is 12.8. The van der Waals surface area contributed by atoms with E-state index in [1.807, 2.05) is 17.9 Å². The fourth-order valence-electron chi connectivity index (χ4n) is 3.09. The van der Waals surface area contributed by atoms with Crippen LogP contribution < -0.4 is 5.32 Å². The van der Waals surface area contributed by atoms with E-state index in [0.717, 1.165) is 12.0 Å². The van der Waals surface area contributed by atoms with Gasteiger partial charge in [-0.15, -0.1) is 0 Å². The molecule has 102 valence electrons. The molecule has 2 unspecified atom stereocenters. The van der Waals surface area contributed by atoms with Crippen molar-refractivity contribution in [1.29, 1.82) is 0 Å². The number of hydrogen-bond donors (Lipinski definition) is 1. The van der Waals surface area contributed by atoms with E-state index in [2.05, 4.69) is 23.5 Å². The molecule has 0 aliphatic heterocycles. The second kappa shape index (κ2) is 6.93. The number of hydrogen-bond acceptors (Lipinski definition) is 2. The molecule has 1 aromatic heterocycles. The van der Waals surface area contributed by atoms with Crippen LogP contribution in [0.25, 0.3) is 0 Å². The van der Waals surface area contributed by atoms with Gasteiger partial charge >= 0.3 is 0 Å². The molecule has 1 N–H and O–H groups in total. The molecule has 3 heteroatoms. The highest BCUT2D eigenvalue weighted by molar-refractivity contribution is 5.05. The number of aryl methyl sites for hydroxylation is 1. The SMILES string of the molecule is CCCNC1CCCCC(Cc2cnn(C)c2)C1. The number of rotatable bonds is 5. The first kappa shape index (κ1) is 13.6. The molecular weight excluding hydrogens is 222 g/mol. The third-order valence-corrected chi connectivity index (χ3v) is 4.00. The van der Waals surface area contributed by atoms with Gasteiger partial charge in [-0.1, -0.05) is 26.2 Å². The van der Waals surface area contributed by atoms with Gasteiger partial charge in [0.1, 0.15) is 0 Å². The molecule has 0 spiro atoms. The molecule has 2 atom stereocenters. The van der Waals surface area contributed by atoms with E-state index in [0.29, 0.717) is 0 Å². The van der Waals surface area contributed by atoms with Crippen molar-refractivity contribution in [2.45, 2.75) is 57.9 Å². The van der Waals surface area contributed by atoms with Crippen molar-refractivity contribution in [2.75, 3.05) is 6.54 Å². The fraction of sp³-hybridized carbons (Fsp3) is 0.800. The highest BCUT2D eigenvalue weighted by atomic mass is 15.2. The molecule has 1 heterocycles. The van der Waals surface area contributed by atoms with Crippen LogP contribution in [0.15, 0.2) is 12.4 Å². The molecule has 0 radical (unpaired) electrons. The summed E-state index contributed by atoms with van der Waals surface area (Å²) in [5, 5.41) is 7.99. The molecule has 1 fully saturated rings. The first-order chi connectivity index (χ1) is 8.78. The summed E-state index contributed by atoms with van der Waals surface area (Å²) in [7, 11) is 2.00. The van der Waals surface area contributed by atoms with Gasteiger partial charge in [0.05, 0.1) is 6.20 Å². The van der Waals surface area contributed by atoms with E-state index in [4.69, 9.17) is 0 Å². The maximum atomic E-state index is 4.28. The maximum Gasteiger partial charge on any atom is 0.0521 e. The van der Waals surface area contributed by atoms with Crippen LogP contribution in [0.4, 0.5) is 0 Å². The summed E-state index contributed by atoms with van der Waals surface area (Å²) < 4.78 is 1.92. The van der Waals surface area contributed by atoms with Crippen molar-refractivity contribution >= 4 is 0 Å². The standard InChI is InChI=1S/C15H27N3/c1-3-8-16-15-7-5-4-6-13(10-15)9-14-11-17-18(2)12-14/h11-13,15-16H,3-10H2,1-2H3. The van der Waals surface area contributed by atoms with Crippen LogP contribution in [-0.2, 0) is 13.5 Å². The van der Waals surface area contributed by atoms with E-state index in [-0.39, 0.29) is 0 Å². The van der Waals surface area contributed by atoms with Gasteiger partial charge in [0.25, 0.3) is 0 Å². The van der Waals surface area contributed by atoms with Gasteiger partial charge < -0.3 is 5.32 Å². The molecule has 0 amide bonds. The van der Waals surface area contributed by atoms with E-state index < -0.39 is 0 Å². The lowest BCUT2D eigenvalue weighted by molar-refractivity contribution is 0.384. The second-order valence-corrected chi connectivity index (χ2v) is 5.76. The van der Waals surface area contributed by atoms with Crippen molar-refractivity contribution < 1.29 is 0 Å². The second-order valence-electron chi connectivity index (χ2n) is 5.76. The summed E-state index contributed by atoms with van der Waals surface area (Å²) >= 11 is 0. The molecule has 3 nitrogen and oxygen atoms in total. The third kappa shape index (κ3) is 4.13. The van der Waals surface area contributed by atoms with Crippen LogP contribution in [0.2, 0.25) is 0 Å². The fourth-order valence-corrected chi connectivity index (χ4v) is 3.09. The van der Waals surface area contributed by atoms with Crippen molar-refractivity contribution in [2.24, 2.45) is 13.0 Å². The first-order valence-electron chi connectivity index (χ1n) is 7.49. The lowest BCUT2D eigenvalue weighted by Gasteiger charge is -2.20. The van der Waals surface area contributed by atoms with Gasteiger partial charge in [-0.3, -0.25) is 4.68 Å². The molecule has 0 saturated heterocycles. The van der Waals surface area contributed by atoms with E-state index in [9.17, 15) is 0 Å². The molecule has 18 heavy (non-hydrogen) atoms. The number of nitrogens with one attached hydrogen (secondary N) is 1. The van der Waals surface area contributed by atoms with Crippen LogP contribution in [0.1, 0.15) is 51.0 Å². The van der Waals surface area contributed by atoms with E-state index in [1.54, 1.807) is 0 Å². The summed E-state index contributed by atoms with van der Waals surface area (Å²) in [6.07, 6.45) is 13.5. The molecule has 1 saturated carbocycles. The minimum absolute atomic E-state index is 0.745. The average molecular weight is 249 g/mol. The topological polar surface area (TPSA) is 29.9 Å². The van der Waals surface area contributed by atoms with E-state index in [1.165, 1.54) is 57.1 Å². The van der Waals surface area contributed by atoms with Crippen LogP contribution in [0.5, 0.6) is 0 Å². The minimum atomic E-state index is 0.745. The smallest absolute Gasteiger partial charge is 0.0521 e. The number of aromatic nitrogens is 2. The molecule has 1 aliphatic rings. The van der Waals surface area contributed by atoms with Crippen molar-refractivity contribution in [3.05, 3.63) is 18.0 Å². The van der Waals surface area contributed by atoms with Crippen LogP contribution in [0, 0.1) is 5.92 Å². The third-order valence-electron chi connectivity index (χ3n) is 4.00. The van der Waals surface area contributed by atoms with Crippen LogP contribution in [0.3, 0.4) is 0 Å². The van der Waals surface area contributed by atoms with Crippen molar-refractivity contribution in [3.8, 4) is 0 Å². The molecular formula is C15H27N3. The Balaban J connectivity index is 1.86. The first-order valence-corrected chi connectivity index (χ1v) is 7.49. The Bertz CT molecular complexity index is 345. The normalized spacial score (nSPS) is 25.0. The summed E-state index contributed by atoms with van der Waals surface area (Å²) in [6, 6.07) is 0.745. The van der Waals surface area contributed by atoms with Crippen LogP contribution in [-0.4, -0.2) is 22.4 Å². The van der Waals surface area contributed by atoms with Crippen molar-refractivity contribution in [1.82, 2.24) is 15.1 Å². The average Bonchev–Trinajstić information content (AvgIpc) is 2.63. The van der Waals surface area contributed by atoms with Crippen LogP contribution >= 0.6 is 0 Å². The molecule has 2 rings (SSSR count). The Hall–Kier alpha value is -0.830. The monoisotopic (exact) mass is 249 g/mol. The highest BCUT2D eigenvalue weighted by Gasteiger charge is 2.20. The van der Waals surface area contributed by atoms with Crippen molar-refractivity contribution in [3.63, 3.8) is 0 Å². The summed E-state index contributed by atoms with van der Waals surface area (Å²) in [5.74, 6) is 0.839. The lowest BCUT2D eigenvalue weighted by atomic mass is 9.92. The Morgan fingerprint density at radius 3 is 2.94 bits per heavy atom. The predicted octanol–water partition coefficient (Wildman–Crippen LogP) is 2.91. The Morgan fingerprint density at radius 1 is 1.39 bits per heavy atom. The highest BCUT2D eigenvalue weighted by Crippen LogP contribution is 2.26. The lowest BCUT2D eigenvalue weighted by Crippen LogP contribution is -2.31. The molecule has 0 aromatic carbocycles. The summed E-state index contributed by atoms with van der Waals surface area (Å²) in [5.41, 5.74) is 1.40. The molecule has 1 aromatic rings. The van der Waals surface area contributed by atoms with Gasteiger partial charge in [-0.05, 0) is 43.7 Å². The van der Waals surface area contributed by atoms with E-state index >= 15 is 0 Å². The zero-order valence-electron chi connectivity index (χ0n) is 11.9. The van der Waals surface area contributed by atoms with Gasteiger partial charge in [-0.2, -0.15) is 5.10 Å². The largest absolute Gasteiger partial charge is 0.314 e. The van der Waals surface area contributed by atoms with Gasteiger partial charge in [0.15, 0.2) is 0 Å². The zero-order valence-corrected chi connectivity index (χ0v) is 11.9. The Morgan fingerprint density at radius 2 is 2.22 bits per heavy atom.